The fourth-order valence-electron chi connectivity index (χ4n) is 2.91. The Morgan fingerprint density at radius 1 is 1.44 bits per heavy atom. The number of esters is 1. The lowest BCUT2D eigenvalue weighted by Gasteiger charge is -2.14. The third kappa shape index (κ3) is 5.10. The summed E-state index contributed by atoms with van der Waals surface area (Å²) in [7, 11) is -1.57. The van der Waals surface area contributed by atoms with Crippen molar-refractivity contribution in [2.24, 2.45) is 12.8 Å². The van der Waals surface area contributed by atoms with Crippen molar-refractivity contribution in [3.63, 3.8) is 0 Å². The molecule has 0 bridgehead atoms. The van der Waals surface area contributed by atoms with Crippen molar-refractivity contribution in [1.29, 1.82) is 0 Å². The molecule has 2 heterocycles. The van der Waals surface area contributed by atoms with Crippen LogP contribution in [0.5, 0.6) is 0 Å². The lowest BCUT2D eigenvalue weighted by atomic mass is 10.1. The Balaban J connectivity index is 0.00000261. The highest BCUT2D eigenvalue weighted by Gasteiger charge is 2.39. The molecule has 3 rings (SSSR count). The standard InChI is InChI=1S/C17H23N2O6P.ClH/c1-3-23-26(21)24-11-13(25-26)10-22-17(20)15(18)8-12-9-19(2)16-7-5-4-6-14(12)16;/h4-7,9,13,15H,3,8,10-11,18H2,1-2H3;1H. The third-order valence-corrected chi connectivity index (χ3v) is 5.71. The Kier molecular flexibility index (Phi) is 7.45. The van der Waals surface area contributed by atoms with Crippen molar-refractivity contribution in [1.82, 2.24) is 4.57 Å². The second-order valence-electron chi connectivity index (χ2n) is 6.11. The lowest BCUT2D eigenvalue weighted by Crippen LogP contribution is -2.36. The third-order valence-electron chi connectivity index (χ3n) is 4.12. The van der Waals surface area contributed by atoms with Crippen molar-refractivity contribution < 1.29 is 27.7 Å². The van der Waals surface area contributed by atoms with Crippen molar-refractivity contribution >= 4 is 37.1 Å². The van der Waals surface area contributed by atoms with E-state index in [-0.39, 0.29) is 32.2 Å². The Bertz CT molecular complexity index is 842. The number of carbonyl (C=O) groups excluding carboxylic acids is 1. The normalized spacial score (nSPS) is 23.1. The number of fused-ring (bicyclic) bond motifs is 1. The van der Waals surface area contributed by atoms with Crippen molar-refractivity contribution in [2.75, 3.05) is 19.8 Å². The first kappa shape index (κ1) is 21.9. The van der Waals surface area contributed by atoms with Gasteiger partial charge in [0.15, 0.2) is 0 Å². The number of benzene rings is 1. The maximum atomic E-state index is 12.2. The minimum Gasteiger partial charge on any atom is -0.462 e. The lowest BCUT2D eigenvalue weighted by molar-refractivity contribution is -0.147. The number of phosphoric ester groups is 1. The summed E-state index contributed by atoms with van der Waals surface area (Å²) in [6, 6.07) is 7.12. The topological polar surface area (TPSA) is 102 Å². The van der Waals surface area contributed by atoms with Gasteiger partial charge in [0.25, 0.3) is 0 Å². The van der Waals surface area contributed by atoms with Gasteiger partial charge in [-0.2, -0.15) is 0 Å². The number of carbonyl (C=O) groups is 1. The van der Waals surface area contributed by atoms with Crippen LogP contribution < -0.4 is 5.73 Å². The highest BCUT2D eigenvalue weighted by Crippen LogP contribution is 2.54. The summed E-state index contributed by atoms with van der Waals surface area (Å²) in [5.74, 6) is -0.542. The molecule has 0 aliphatic carbocycles. The number of aryl methyl sites for hydroxylation is 1. The van der Waals surface area contributed by atoms with Gasteiger partial charge in [-0.05, 0) is 18.6 Å². The maximum Gasteiger partial charge on any atom is 0.475 e. The zero-order valence-electron chi connectivity index (χ0n) is 15.2. The van der Waals surface area contributed by atoms with Crippen LogP contribution in [0.25, 0.3) is 10.9 Å². The quantitative estimate of drug-likeness (QED) is 0.544. The first-order chi connectivity index (χ1) is 12.4. The van der Waals surface area contributed by atoms with E-state index >= 15 is 0 Å². The molecule has 27 heavy (non-hydrogen) atoms. The first-order valence-electron chi connectivity index (χ1n) is 8.44. The van der Waals surface area contributed by atoms with Gasteiger partial charge in [-0.3, -0.25) is 18.4 Å². The van der Waals surface area contributed by atoms with Crippen LogP contribution in [0, 0.1) is 0 Å². The molecule has 2 aromatic rings. The molecule has 10 heteroatoms. The highest BCUT2D eigenvalue weighted by molar-refractivity contribution is 7.48. The number of nitrogens with two attached hydrogens (primary N) is 1. The number of aromatic nitrogens is 1. The van der Waals surface area contributed by atoms with Crippen molar-refractivity contribution in [3.05, 3.63) is 36.0 Å². The van der Waals surface area contributed by atoms with Crippen LogP contribution in [0.1, 0.15) is 12.5 Å². The van der Waals surface area contributed by atoms with Gasteiger partial charge in [0.1, 0.15) is 18.8 Å². The van der Waals surface area contributed by atoms with E-state index in [1.165, 1.54) is 0 Å². The molecule has 1 aliphatic heterocycles. The number of ether oxygens (including phenoxy) is 1. The summed E-state index contributed by atoms with van der Waals surface area (Å²) in [5, 5.41) is 1.06. The van der Waals surface area contributed by atoms with E-state index in [2.05, 4.69) is 0 Å². The average molecular weight is 419 g/mol. The van der Waals surface area contributed by atoms with Gasteiger partial charge in [-0.1, -0.05) is 18.2 Å². The molecule has 0 radical (unpaired) electrons. The smallest absolute Gasteiger partial charge is 0.462 e. The molecule has 0 saturated carbocycles. The molecule has 3 atom stereocenters. The summed E-state index contributed by atoms with van der Waals surface area (Å²) in [6.45, 7) is 1.86. The first-order valence-corrected chi connectivity index (χ1v) is 9.90. The largest absolute Gasteiger partial charge is 0.475 e. The molecule has 150 valence electrons. The predicted molar refractivity (Wildman–Crippen MR) is 103 cm³/mol. The van der Waals surface area contributed by atoms with E-state index < -0.39 is 25.9 Å². The maximum absolute atomic E-state index is 12.2. The Labute approximate surface area is 163 Å². The second-order valence-corrected chi connectivity index (χ2v) is 7.73. The molecule has 3 unspecified atom stereocenters. The number of hydrogen-bond acceptors (Lipinski definition) is 7. The van der Waals surface area contributed by atoms with Crippen LogP contribution in [0.3, 0.4) is 0 Å². The fraction of sp³-hybridized carbons (Fsp3) is 0.471. The number of nitrogens with zero attached hydrogens (tertiary/aromatic N) is 1. The van der Waals surface area contributed by atoms with Gasteiger partial charge >= 0.3 is 13.8 Å². The van der Waals surface area contributed by atoms with Gasteiger partial charge in [-0.15, -0.1) is 12.4 Å². The van der Waals surface area contributed by atoms with E-state index in [0.29, 0.717) is 6.42 Å². The van der Waals surface area contributed by atoms with Gasteiger partial charge in [0, 0.05) is 30.6 Å². The molecule has 1 aliphatic rings. The van der Waals surface area contributed by atoms with E-state index in [4.69, 9.17) is 24.0 Å². The predicted octanol–water partition coefficient (Wildman–Crippen LogP) is 2.57. The van der Waals surface area contributed by atoms with Crippen LogP contribution in [0.4, 0.5) is 0 Å². The molecular weight excluding hydrogens is 395 g/mol. The molecule has 1 aromatic heterocycles. The molecule has 1 aromatic carbocycles. The number of rotatable bonds is 7. The average Bonchev–Trinajstić information content (AvgIpc) is 3.14. The minimum atomic E-state index is -3.51. The summed E-state index contributed by atoms with van der Waals surface area (Å²) in [5.41, 5.74) is 8.06. The Morgan fingerprint density at radius 2 is 2.19 bits per heavy atom. The van der Waals surface area contributed by atoms with Crippen LogP contribution in [0.2, 0.25) is 0 Å². The van der Waals surface area contributed by atoms with Crippen LogP contribution in [0.15, 0.2) is 30.5 Å². The zero-order valence-corrected chi connectivity index (χ0v) is 16.9. The zero-order chi connectivity index (χ0) is 18.7. The number of phosphoric acid groups is 1. The van der Waals surface area contributed by atoms with E-state index in [1.54, 1.807) is 6.92 Å². The minimum absolute atomic E-state index is 0. The highest BCUT2D eigenvalue weighted by atomic mass is 35.5. The molecule has 0 amide bonds. The number of hydrogen-bond donors (Lipinski definition) is 1. The summed E-state index contributed by atoms with van der Waals surface area (Å²) >= 11 is 0. The fourth-order valence-corrected chi connectivity index (χ4v) is 4.26. The monoisotopic (exact) mass is 418 g/mol. The van der Waals surface area contributed by atoms with Crippen LogP contribution in [-0.4, -0.2) is 42.5 Å². The van der Waals surface area contributed by atoms with E-state index in [0.717, 1.165) is 16.5 Å². The molecule has 1 saturated heterocycles. The van der Waals surface area contributed by atoms with E-state index in [9.17, 15) is 9.36 Å². The molecule has 1 fully saturated rings. The SMILES string of the molecule is CCOP1(=O)OCC(COC(=O)C(N)Cc2cn(C)c3ccccc23)O1.Cl. The van der Waals surface area contributed by atoms with Crippen molar-refractivity contribution in [2.45, 2.75) is 25.5 Å². The summed E-state index contributed by atoms with van der Waals surface area (Å²) in [4.78, 5) is 12.2. The molecule has 2 N–H and O–H groups in total. The number of halogens is 1. The Hall–Kier alpha value is -1.41. The van der Waals surface area contributed by atoms with Crippen LogP contribution >= 0.6 is 20.2 Å². The van der Waals surface area contributed by atoms with Crippen LogP contribution in [-0.2, 0) is 41.1 Å². The van der Waals surface area contributed by atoms with E-state index in [1.807, 2.05) is 42.1 Å². The second kappa shape index (κ2) is 9.19. The van der Waals surface area contributed by atoms with Gasteiger partial charge in [0.05, 0.1) is 13.2 Å². The summed E-state index contributed by atoms with van der Waals surface area (Å²) in [6.07, 6.45) is 1.70. The summed E-state index contributed by atoms with van der Waals surface area (Å²) < 4.78 is 34.3. The molecular formula is C17H24ClN2O6P. The van der Waals surface area contributed by atoms with Gasteiger partial charge in [0.2, 0.25) is 0 Å². The number of para-hydroxylation sites is 1. The Morgan fingerprint density at radius 3 is 2.93 bits per heavy atom. The van der Waals surface area contributed by atoms with Gasteiger partial charge in [-0.25, -0.2) is 4.57 Å². The molecule has 0 spiro atoms. The van der Waals surface area contributed by atoms with Gasteiger partial charge < -0.3 is 15.0 Å². The molecule has 8 nitrogen and oxygen atoms in total. The van der Waals surface area contributed by atoms with Crippen molar-refractivity contribution in [3.8, 4) is 0 Å².